The second-order valence-corrected chi connectivity index (χ2v) is 11.3. The third kappa shape index (κ3) is 17.3. The van der Waals surface area contributed by atoms with E-state index in [9.17, 15) is 8.42 Å². The molecule has 0 saturated heterocycles. The Morgan fingerprint density at radius 1 is 0.920 bits per heavy atom. The van der Waals surface area contributed by atoms with Crippen LogP contribution in [0.15, 0.2) is 10.2 Å². The zero-order chi connectivity index (χ0) is 18.8. The molecule has 0 heterocycles. The van der Waals surface area contributed by atoms with Crippen molar-refractivity contribution in [2.24, 2.45) is 10.2 Å². The summed E-state index contributed by atoms with van der Waals surface area (Å²) in [7, 11) is 6.55. The van der Waals surface area contributed by atoms with Crippen LogP contribution in [0.2, 0.25) is 0 Å². The first-order chi connectivity index (χ1) is 12.1. The highest BCUT2D eigenvalue weighted by Crippen LogP contribution is 2.29. The van der Waals surface area contributed by atoms with Gasteiger partial charge in [0.2, 0.25) is 0 Å². The number of azide groups is 2. The Hall–Kier alpha value is 0.150. The lowest BCUT2D eigenvalue weighted by atomic mass is 10.3. The number of hydrogen-bond acceptors (Lipinski definition) is 8. The highest BCUT2D eigenvalue weighted by molar-refractivity contribution is 8.78. The summed E-state index contributed by atoms with van der Waals surface area (Å²) >= 11 is -1.36. The SMILES string of the molecule is [N-]=[N+]=N[C@@H](CC[S]=O)CSSCCSSC[C@H](CCS(=O)O)N=[N+]=[N-]. The first-order valence-electron chi connectivity index (χ1n) is 7.03. The molecule has 0 aromatic heterocycles. The van der Waals surface area contributed by atoms with Crippen LogP contribution in [0.4, 0.5) is 0 Å². The Balaban J connectivity index is 3.72. The molecule has 0 aliphatic rings. The molecule has 1 N–H and O–H groups in total. The van der Waals surface area contributed by atoms with Gasteiger partial charge in [0.1, 0.15) is 0 Å². The molecule has 0 spiro atoms. The number of nitrogens with zero attached hydrogens (tertiary/aromatic N) is 6. The second-order valence-electron chi connectivity index (χ2n) is 4.36. The summed E-state index contributed by atoms with van der Waals surface area (Å²) in [6.45, 7) is 0. The fourth-order valence-corrected chi connectivity index (χ4v) is 7.40. The van der Waals surface area contributed by atoms with Crippen LogP contribution in [0.25, 0.3) is 20.9 Å². The summed E-state index contributed by atoms with van der Waals surface area (Å²) in [6, 6.07) is -0.420. The van der Waals surface area contributed by atoms with E-state index in [-0.39, 0.29) is 17.8 Å². The molecular formula is C10H19N6O3S6. The Morgan fingerprint density at radius 2 is 1.44 bits per heavy atom. The highest BCUT2D eigenvalue weighted by Gasteiger charge is 2.09. The van der Waals surface area contributed by atoms with E-state index >= 15 is 0 Å². The maximum absolute atomic E-state index is 10.6. The molecule has 0 aliphatic heterocycles. The first kappa shape index (κ1) is 25.1. The molecule has 0 rings (SSSR count). The molecule has 0 bridgehead atoms. The van der Waals surface area contributed by atoms with Crippen molar-refractivity contribution in [3.8, 4) is 0 Å². The summed E-state index contributed by atoms with van der Waals surface area (Å²) in [5.74, 6) is 3.66. The fraction of sp³-hybridized carbons (Fsp3) is 1.00. The van der Waals surface area contributed by atoms with Crippen molar-refractivity contribution in [1.82, 2.24) is 0 Å². The molecule has 143 valence electrons. The summed E-state index contributed by atoms with van der Waals surface area (Å²) in [4.78, 5) is 5.57. The molecule has 25 heavy (non-hydrogen) atoms. The highest BCUT2D eigenvalue weighted by atomic mass is 33.1. The van der Waals surface area contributed by atoms with Gasteiger partial charge in [-0.1, -0.05) is 53.4 Å². The minimum atomic E-state index is -1.86. The fourth-order valence-electron chi connectivity index (χ4n) is 1.36. The van der Waals surface area contributed by atoms with Crippen LogP contribution >= 0.6 is 43.2 Å². The summed E-state index contributed by atoms with van der Waals surface area (Å²) < 4.78 is 29.8. The van der Waals surface area contributed by atoms with Gasteiger partial charge in [-0.25, -0.2) is 8.42 Å². The quantitative estimate of drug-likeness (QED) is 0.0841. The lowest BCUT2D eigenvalue weighted by molar-refractivity contribution is 0.557. The van der Waals surface area contributed by atoms with Gasteiger partial charge in [0.15, 0.2) is 11.1 Å². The Labute approximate surface area is 168 Å². The predicted octanol–water partition coefficient (Wildman–Crippen LogP) is 4.32. The third-order valence-corrected chi connectivity index (χ3v) is 8.71. The maximum atomic E-state index is 10.6. The lowest BCUT2D eigenvalue weighted by Crippen LogP contribution is -2.11. The van der Waals surface area contributed by atoms with E-state index in [0.29, 0.717) is 41.8 Å². The van der Waals surface area contributed by atoms with Crippen LogP contribution in [-0.4, -0.2) is 59.6 Å². The summed E-state index contributed by atoms with van der Waals surface area (Å²) in [5.41, 5.74) is 17.0. The maximum Gasteiger partial charge on any atom is 0.152 e. The smallest absolute Gasteiger partial charge is 0.152 e. The summed E-state index contributed by atoms with van der Waals surface area (Å²) in [6.07, 6.45) is 0.990. The predicted molar refractivity (Wildman–Crippen MR) is 114 cm³/mol. The van der Waals surface area contributed by atoms with E-state index in [1.807, 2.05) is 0 Å². The minimum Gasteiger partial charge on any atom is -0.306 e. The van der Waals surface area contributed by atoms with Crippen LogP contribution < -0.4 is 0 Å². The van der Waals surface area contributed by atoms with Gasteiger partial charge >= 0.3 is 0 Å². The molecule has 0 fully saturated rings. The van der Waals surface area contributed by atoms with Crippen LogP contribution in [0.1, 0.15) is 12.8 Å². The Morgan fingerprint density at radius 3 is 1.88 bits per heavy atom. The Kier molecular flexibility index (Phi) is 19.0. The number of rotatable bonds is 17. The topological polar surface area (TPSA) is 152 Å². The monoisotopic (exact) mass is 463 g/mol. The molecule has 0 aromatic carbocycles. The summed E-state index contributed by atoms with van der Waals surface area (Å²) in [5, 5.41) is 7.31. The Bertz CT molecular complexity index is 488. The van der Waals surface area contributed by atoms with Crippen LogP contribution in [0.3, 0.4) is 0 Å². The van der Waals surface area contributed by atoms with Gasteiger partial charge in [0.05, 0.1) is 11.7 Å². The third-order valence-electron chi connectivity index (χ3n) is 2.53. The van der Waals surface area contributed by atoms with Crippen LogP contribution in [-0.2, 0) is 22.7 Å². The van der Waals surface area contributed by atoms with E-state index in [1.54, 1.807) is 43.2 Å². The van der Waals surface area contributed by atoms with E-state index in [0.717, 1.165) is 11.5 Å². The molecule has 15 heteroatoms. The molecule has 9 nitrogen and oxygen atoms in total. The van der Waals surface area contributed by atoms with Crippen molar-refractivity contribution >= 4 is 65.9 Å². The van der Waals surface area contributed by atoms with Gasteiger partial charge in [0, 0.05) is 56.4 Å². The van der Waals surface area contributed by atoms with Gasteiger partial charge in [-0.05, 0) is 23.9 Å². The van der Waals surface area contributed by atoms with E-state index in [1.165, 1.54) is 0 Å². The lowest BCUT2D eigenvalue weighted by Gasteiger charge is -2.09. The first-order valence-corrected chi connectivity index (χ1v) is 14.2. The molecule has 0 aliphatic carbocycles. The zero-order valence-electron chi connectivity index (χ0n) is 13.2. The van der Waals surface area contributed by atoms with Gasteiger partial charge in [-0.15, -0.1) is 0 Å². The van der Waals surface area contributed by atoms with Crippen molar-refractivity contribution in [3.05, 3.63) is 20.9 Å². The molecule has 3 atom stereocenters. The minimum absolute atomic E-state index is 0.110. The van der Waals surface area contributed by atoms with Gasteiger partial charge in [-0.3, -0.25) is 0 Å². The van der Waals surface area contributed by atoms with Crippen molar-refractivity contribution in [2.75, 3.05) is 34.5 Å². The molecule has 0 aromatic rings. The van der Waals surface area contributed by atoms with Crippen molar-refractivity contribution in [1.29, 1.82) is 0 Å². The molecule has 1 unspecified atom stereocenters. The average molecular weight is 464 g/mol. The molecule has 1 radical (unpaired) electrons. The van der Waals surface area contributed by atoms with Gasteiger partial charge in [0.25, 0.3) is 0 Å². The van der Waals surface area contributed by atoms with E-state index < -0.39 is 11.1 Å². The van der Waals surface area contributed by atoms with Crippen LogP contribution in [0, 0.1) is 0 Å². The number of hydrogen-bond donors (Lipinski definition) is 1. The molecule has 0 amide bonds. The largest absolute Gasteiger partial charge is 0.306 e. The van der Waals surface area contributed by atoms with Crippen molar-refractivity contribution < 1.29 is 13.0 Å². The van der Waals surface area contributed by atoms with Crippen molar-refractivity contribution in [3.63, 3.8) is 0 Å². The van der Waals surface area contributed by atoms with Crippen LogP contribution in [0.5, 0.6) is 0 Å². The van der Waals surface area contributed by atoms with E-state index in [2.05, 4.69) is 20.1 Å². The van der Waals surface area contributed by atoms with Gasteiger partial charge < -0.3 is 4.55 Å². The van der Waals surface area contributed by atoms with Crippen molar-refractivity contribution in [2.45, 2.75) is 24.9 Å². The van der Waals surface area contributed by atoms with Gasteiger partial charge in [-0.2, -0.15) is 0 Å². The zero-order valence-corrected chi connectivity index (χ0v) is 18.1. The molecule has 0 saturated carbocycles. The second kappa shape index (κ2) is 18.9. The molecular weight excluding hydrogens is 445 g/mol. The standard InChI is InChI=1S/C10H19N6O3S6/c11-15-13-9(1-3-20-17)7-23-21-4-5-22-24-8-10(14-16-12)2-6-25(18)19/h9-10H,1-8H2,(H,18,19)/t9-,10-/m0/s1. The van der Waals surface area contributed by atoms with E-state index in [4.69, 9.17) is 15.6 Å². The normalized spacial score (nSPS) is 14.0. The average Bonchev–Trinajstić information content (AvgIpc) is 2.59.